The first-order valence-electron chi connectivity index (χ1n) is 8.48. The van der Waals surface area contributed by atoms with Crippen molar-refractivity contribution < 1.29 is 9.13 Å². The number of nitrogens with one attached hydrogen (secondary N) is 1. The summed E-state index contributed by atoms with van der Waals surface area (Å²) >= 11 is 0. The number of benzene rings is 1. The molecule has 1 fully saturated rings. The van der Waals surface area contributed by atoms with E-state index in [4.69, 9.17) is 4.74 Å². The van der Waals surface area contributed by atoms with Crippen molar-refractivity contribution in [3.05, 3.63) is 29.6 Å². The largest absolute Gasteiger partial charge is 0.385 e. The summed E-state index contributed by atoms with van der Waals surface area (Å²) in [6.07, 6.45) is 3.39. The normalized spacial score (nSPS) is 28.0. The summed E-state index contributed by atoms with van der Waals surface area (Å²) in [5.74, 6) is 0.907. The van der Waals surface area contributed by atoms with Gasteiger partial charge >= 0.3 is 0 Å². The molecule has 0 bridgehead atoms. The van der Waals surface area contributed by atoms with Crippen LogP contribution < -0.4 is 10.2 Å². The number of nitrogens with zero attached hydrogens (tertiary/aromatic N) is 1. The Morgan fingerprint density at radius 3 is 3.00 bits per heavy atom. The fourth-order valence-electron chi connectivity index (χ4n) is 4.28. The molecule has 2 aliphatic rings. The van der Waals surface area contributed by atoms with Crippen LogP contribution in [0.4, 0.5) is 10.1 Å². The van der Waals surface area contributed by atoms with E-state index in [1.165, 1.54) is 18.4 Å². The Morgan fingerprint density at radius 1 is 1.41 bits per heavy atom. The van der Waals surface area contributed by atoms with Gasteiger partial charge in [-0.1, -0.05) is 19.1 Å². The van der Waals surface area contributed by atoms with Gasteiger partial charge in [0.1, 0.15) is 5.82 Å². The lowest BCUT2D eigenvalue weighted by molar-refractivity contribution is 0.193. The number of rotatable bonds is 5. The smallest absolute Gasteiger partial charge is 0.146 e. The van der Waals surface area contributed by atoms with Gasteiger partial charge in [-0.3, -0.25) is 0 Å². The van der Waals surface area contributed by atoms with Crippen molar-refractivity contribution in [3.63, 3.8) is 0 Å². The van der Waals surface area contributed by atoms with Crippen LogP contribution in [0.15, 0.2) is 18.2 Å². The summed E-state index contributed by atoms with van der Waals surface area (Å²) in [4.78, 5) is 2.33. The minimum Gasteiger partial charge on any atom is -0.385 e. The quantitative estimate of drug-likeness (QED) is 0.846. The van der Waals surface area contributed by atoms with E-state index in [0.717, 1.165) is 38.3 Å². The van der Waals surface area contributed by atoms with Crippen LogP contribution in [0, 0.1) is 11.7 Å². The Balaban J connectivity index is 1.88. The zero-order chi connectivity index (χ0) is 15.5. The SMILES string of the molecule is COCCCN1c2c(F)cccc2C(C)C1C1CCCNC1. The number of methoxy groups -OCH3 is 1. The molecule has 22 heavy (non-hydrogen) atoms. The molecule has 3 unspecified atom stereocenters. The topological polar surface area (TPSA) is 24.5 Å². The van der Waals surface area contributed by atoms with Crippen LogP contribution in [0.3, 0.4) is 0 Å². The summed E-state index contributed by atoms with van der Waals surface area (Å²) in [6, 6.07) is 5.94. The molecular weight excluding hydrogens is 279 g/mol. The first kappa shape index (κ1) is 15.8. The standard InChI is InChI=1S/C18H27FN2O/c1-13-15-7-3-8-16(19)18(15)21(10-5-11-22-2)17(13)14-6-4-9-20-12-14/h3,7-8,13-14,17,20H,4-6,9-12H2,1-2H3. The molecule has 122 valence electrons. The molecule has 0 spiro atoms. The van der Waals surface area contributed by atoms with Crippen LogP contribution in [0.25, 0.3) is 0 Å². The van der Waals surface area contributed by atoms with E-state index in [1.807, 2.05) is 6.07 Å². The van der Waals surface area contributed by atoms with E-state index in [1.54, 1.807) is 13.2 Å². The molecule has 3 atom stereocenters. The van der Waals surface area contributed by atoms with Gasteiger partial charge in [0.05, 0.1) is 5.69 Å². The maximum Gasteiger partial charge on any atom is 0.146 e. The number of halogens is 1. The van der Waals surface area contributed by atoms with E-state index in [-0.39, 0.29) is 5.82 Å². The number of para-hydroxylation sites is 1. The number of fused-ring (bicyclic) bond motifs is 1. The van der Waals surface area contributed by atoms with Crippen molar-refractivity contribution in [2.45, 2.75) is 38.1 Å². The molecule has 0 radical (unpaired) electrons. The van der Waals surface area contributed by atoms with Gasteiger partial charge in [-0.15, -0.1) is 0 Å². The molecule has 1 aromatic carbocycles. The van der Waals surface area contributed by atoms with E-state index in [9.17, 15) is 4.39 Å². The molecule has 4 heteroatoms. The van der Waals surface area contributed by atoms with Gasteiger partial charge in [-0.2, -0.15) is 0 Å². The molecule has 1 N–H and O–H groups in total. The molecule has 0 amide bonds. The maximum atomic E-state index is 14.5. The predicted molar refractivity (Wildman–Crippen MR) is 88.0 cm³/mol. The average Bonchev–Trinajstić information content (AvgIpc) is 2.82. The number of ether oxygens (including phenoxy) is 1. The van der Waals surface area contributed by atoms with E-state index < -0.39 is 0 Å². The van der Waals surface area contributed by atoms with Crippen LogP contribution in [-0.4, -0.2) is 39.4 Å². The highest BCUT2D eigenvalue weighted by Crippen LogP contribution is 2.45. The lowest BCUT2D eigenvalue weighted by Gasteiger charge is -2.38. The second-order valence-corrected chi connectivity index (χ2v) is 6.60. The van der Waals surface area contributed by atoms with Crippen molar-refractivity contribution >= 4 is 5.69 Å². The third-order valence-electron chi connectivity index (χ3n) is 5.23. The van der Waals surface area contributed by atoms with E-state index in [2.05, 4.69) is 23.2 Å². The fraction of sp³-hybridized carbons (Fsp3) is 0.667. The molecule has 0 aliphatic carbocycles. The van der Waals surface area contributed by atoms with E-state index in [0.29, 0.717) is 17.9 Å². The first-order valence-corrected chi connectivity index (χ1v) is 8.48. The first-order chi connectivity index (χ1) is 10.7. The van der Waals surface area contributed by atoms with Crippen molar-refractivity contribution in [1.29, 1.82) is 0 Å². The second kappa shape index (κ2) is 6.97. The second-order valence-electron chi connectivity index (χ2n) is 6.60. The van der Waals surface area contributed by atoms with Gasteiger partial charge in [-0.25, -0.2) is 4.39 Å². The third kappa shape index (κ3) is 2.86. The molecule has 1 saturated heterocycles. The van der Waals surface area contributed by atoms with Gasteiger partial charge in [0.15, 0.2) is 0 Å². The fourth-order valence-corrected chi connectivity index (χ4v) is 4.28. The third-order valence-corrected chi connectivity index (χ3v) is 5.23. The summed E-state index contributed by atoms with van der Waals surface area (Å²) in [5.41, 5.74) is 2.01. The maximum absolute atomic E-state index is 14.5. The number of hydrogen-bond acceptors (Lipinski definition) is 3. The monoisotopic (exact) mass is 306 g/mol. The molecule has 3 nitrogen and oxygen atoms in total. The minimum atomic E-state index is -0.0759. The molecular formula is C18H27FN2O. The van der Waals surface area contributed by atoms with Gasteiger partial charge in [0.2, 0.25) is 0 Å². The van der Waals surface area contributed by atoms with Gasteiger partial charge in [-0.05, 0) is 49.9 Å². The highest BCUT2D eigenvalue weighted by atomic mass is 19.1. The Kier molecular flexibility index (Phi) is 4.99. The number of hydrogen-bond donors (Lipinski definition) is 1. The summed E-state index contributed by atoms with van der Waals surface area (Å²) < 4.78 is 19.7. The highest BCUT2D eigenvalue weighted by Gasteiger charge is 2.41. The Bertz CT molecular complexity index is 502. The lowest BCUT2D eigenvalue weighted by Crippen LogP contribution is -2.46. The molecule has 2 heterocycles. The molecule has 0 aromatic heterocycles. The summed E-state index contributed by atoms with van der Waals surface area (Å²) in [5, 5.41) is 3.52. The van der Waals surface area contributed by atoms with Crippen LogP contribution in [0.2, 0.25) is 0 Å². The van der Waals surface area contributed by atoms with Crippen LogP contribution in [0.5, 0.6) is 0 Å². The van der Waals surface area contributed by atoms with Crippen LogP contribution in [-0.2, 0) is 4.74 Å². The van der Waals surface area contributed by atoms with Crippen molar-refractivity contribution in [1.82, 2.24) is 5.32 Å². The van der Waals surface area contributed by atoms with Crippen molar-refractivity contribution in [2.75, 3.05) is 38.3 Å². The predicted octanol–water partition coefficient (Wildman–Crippen LogP) is 3.15. The summed E-state index contributed by atoms with van der Waals surface area (Å²) in [7, 11) is 1.73. The zero-order valence-corrected chi connectivity index (χ0v) is 13.6. The van der Waals surface area contributed by atoms with Crippen molar-refractivity contribution in [2.24, 2.45) is 5.92 Å². The van der Waals surface area contributed by atoms with Crippen molar-refractivity contribution in [3.8, 4) is 0 Å². The Morgan fingerprint density at radius 2 is 2.27 bits per heavy atom. The van der Waals surface area contributed by atoms with Gasteiger partial charge in [0, 0.05) is 32.2 Å². The van der Waals surface area contributed by atoms with Crippen LogP contribution in [0.1, 0.15) is 37.7 Å². The van der Waals surface area contributed by atoms with Crippen LogP contribution >= 0.6 is 0 Å². The van der Waals surface area contributed by atoms with E-state index >= 15 is 0 Å². The minimum absolute atomic E-state index is 0.0759. The highest BCUT2D eigenvalue weighted by molar-refractivity contribution is 5.63. The molecule has 3 rings (SSSR count). The van der Waals surface area contributed by atoms with Gasteiger partial charge in [0.25, 0.3) is 0 Å². The lowest BCUT2D eigenvalue weighted by atomic mass is 9.83. The number of piperidine rings is 1. The Labute approximate surface area is 132 Å². The molecule has 2 aliphatic heterocycles. The summed E-state index contributed by atoms with van der Waals surface area (Å²) in [6.45, 7) is 6.01. The average molecular weight is 306 g/mol. The number of anilines is 1. The Hall–Kier alpha value is -1.13. The van der Waals surface area contributed by atoms with Gasteiger partial charge < -0.3 is 15.0 Å². The molecule has 1 aromatic rings. The zero-order valence-electron chi connectivity index (χ0n) is 13.6. The molecule has 0 saturated carbocycles.